The Bertz CT molecular complexity index is 932. The SMILES string of the molecule is C#CN(C=C)[C@H]1CCCC[C@H]1Oc1ccc2c(c1)CN(C1CCC(=O)NC1=O)C2=C. The Morgan fingerprint density at radius 1 is 1.27 bits per heavy atom. The molecule has 4 rings (SSSR count). The molecule has 0 spiro atoms. The van der Waals surface area contributed by atoms with Crippen LogP contribution in [0.25, 0.3) is 5.70 Å². The molecule has 6 heteroatoms. The van der Waals surface area contributed by atoms with Crippen molar-refractivity contribution < 1.29 is 14.3 Å². The number of carbonyl (C=O) groups excluding carboxylic acids is 2. The Morgan fingerprint density at radius 3 is 2.80 bits per heavy atom. The van der Waals surface area contributed by atoms with Gasteiger partial charge in [0.15, 0.2) is 0 Å². The van der Waals surface area contributed by atoms with E-state index >= 15 is 0 Å². The summed E-state index contributed by atoms with van der Waals surface area (Å²) in [5.41, 5.74) is 2.91. The lowest BCUT2D eigenvalue weighted by Gasteiger charge is -2.36. The number of fused-ring (bicyclic) bond motifs is 1. The molecule has 0 aromatic heterocycles. The number of nitrogens with one attached hydrogen (secondary N) is 1. The lowest BCUT2D eigenvalue weighted by Crippen LogP contribution is -2.50. The van der Waals surface area contributed by atoms with E-state index in [1.54, 1.807) is 6.20 Å². The Hall–Kier alpha value is -3.20. The first-order chi connectivity index (χ1) is 14.5. The smallest absolute Gasteiger partial charge is 0.249 e. The van der Waals surface area contributed by atoms with Gasteiger partial charge in [-0.15, -0.1) is 0 Å². The summed E-state index contributed by atoms with van der Waals surface area (Å²) in [6.07, 6.45) is 12.4. The maximum absolute atomic E-state index is 12.3. The maximum atomic E-state index is 12.3. The Labute approximate surface area is 177 Å². The monoisotopic (exact) mass is 405 g/mol. The van der Waals surface area contributed by atoms with E-state index in [1.807, 2.05) is 28.0 Å². The van der Waals surface area contributed by atoms with Crippen LogP contribution in [-0.4, -0.2) is 39.8 Å². The molecule has 3 atom stereocenters. The third-order valence-electron chi connectivity index (χ3n) is 6.32. The minimum absolute atomic E-state index is 0.00157. The molecule has 30 heavy (non-hydrogen) atoms. The Kier molecular flexibility index (Phi) is 5.54. The molecular formula is C24H27N3O3. The Morgan fingerprint density at radius 2 is 2.07 bits per heavy atom. The average Bonchev–Trinajstić information content (AvgIpc) is 3.06. The molecule has 0 bridgehead atoms. The highest BCUT2D eigenvalue weighted by Gasteiger charge is 2.36. The summed E-state index contributed by atoms with van der Waals surface area (Å²) < 4.78 is 6.37. The van der Waals surface area contributed by atoms with Gasteiger partial charge in [0.2, 0.25) is 11.8 Å². The number of amides is 2. The van der Waals surface area contributed by atoms with Crippen LogP contribution in [0.2, 0.25) is 0 Å². The second-order valence-corrected chi connectivity index (χ2v) is 8.09. The molecule has 1 saturated heterocycles. The van der Waals surface area contributed by atoms with Gasteiger partial charge in [-0.05, 0) is 49.4 Å². The van der Waals surface area contributed by atoms with Gasteiger partial charge in [-0.2, -0.15) is 0 Å². The molecule has 1 unspecified atom stereocenters. The molecule has 1 N–H and O–H groups in total. The average molecular weight is 405 g/mol. The lowest BCUT2D eigenvalue weighted by molar-refractivity contribution is -0.136. The molecular weight excluding hydrogens is 378 g/mol. The third kappa shape index (κ3) is 3.68. The van der Waals surface area contributed by atoms with Crippen LogP contribution in [0.5, 0.6) is 5.75 Å². The molecule has 156 valence electrons. The number of benzene rings is 1. The highest BCUT2D eigenvalue weighted by Crippen LogP contribution is 2.37. The predicted octanol–water partition coefficient (Wildman–Crippen LogP) is 3.00. The predicted molar refractivity (Wildman–Crippen MR) is 115 cm³/mol. The van der Waals surface area contributed by atoms with E-state index in [1.165, 1.54) is 0 Å². The van der Waals surface area contributed by atoms with E-state index in [0.29, 0.717) is 19.4 Å². The van der Waals surface area contributed by atoms with Crippen LogP contribution in [0.1, 0.15) is 49.7 Å². The summed E-state index contributed by atoms with van der Waals surface area (Å²) in [5, 5.41) is 2.43. The molecule has 3 aliphatic rings. The zero-order valence-electron chi connectivity index (χ0n) is 17.1. The number of imide groups is 1. The van der Waals surface area contributed by atoms with Crippen molar-refractivity contribution >= 4 is 17.5 Å². The van der Waals surface area contributed by atoms with Gasteiger partial charge >= 0.3 is 0 Å². The zero-order chi connectivity index (χ0) is 21.3. The number of ether oxygens (including phenoxy) is 1. The largest absolute Gasteiger partial charge is 0.488 e. The van der Waals surface area contributed by atoms with Gasteiger partial charge in [0.05, 0.1) is 6.04 Å². The number of terminal acetylenes is 1. The van der Waals surface area contributed by atoms with E-state index in [9.17, 15) is 9.59 Å². The summed E-state index contributed by atoms with van der Waals surface area (Å²) in [7, 11) is 0. The second-order valence-electron chi connectivity index (χ2n) is 8.09. The second kappa shape index (κ2) is 8.27. The summed E-state index contributed by atoms with van der Waals surface area (Å²) in [6.45, 7) is 8.59. The quantitative estimate of drug-likeness (QED) is 0.464. The van der Waals surface area contributed by atoms with Gasteiger partial charge in [-0.25, -0.2) is 0 Å². The van der Waals surface area contributed by atoms with E-state index < -0.39 is 0 Å². The molecule has 2 heterocycles. The molecule has 2 amide bonds. The molecule has 1 aromatic rings. The number of nitrogens with zero attached hydrogens (tertiary/aromatic N) is 2. The van der Waals surface area contributed by atoms with Crippen molar-refractivity contribution in [2.45, 2.75) is 63.3 Å². The van der Waals surface area contributed by atoms with Gasteiger partial charge in [0, 0.05) is 36.5 Å². The topological polar surface area (TPSA) is 61.9 Å². The van der Waals surface area contributed by atoms with Crippen LogP contribution in [0.4, 0.5) is 0 Å². The van der Waals surface area contributed by atoms with Gasteiger partial charge in [0.25, 0.3) is 0 Å². The fourth-order valence-corrected chi connectivity index (χ4v) is 4.76. The molecule has 2 aliphatic heterocycles. The molecule has 6 nitrogen and oxygen atoms in total. The van der Waals surface area contributed by atoms with Gasteiger partial charge in [-0.3, -0.25) is 14.9 Å². The first-order valence-electron chi connectivity index (χ1n) is 10.5. The number of carbonyl (C=O) groups is 2. The molecule has 1 aromatic carbocycles. The number of hydrogen-bond acceptors (Lipinski definition) is 5. The van der Waals surface area contributed by atoms with Crippen LogP contribution in [0, 0.1) is 12.5 Å². The van der Waals surface area contributed by atoms with Crippen molar-refractivity contribution in [3.05, 3.63) is 48.7 Å². The molecule has 1 aliphatic carbocycles. The van der Waals surface area contributed by atoms with E-state index in [4.69, 9.17) is 11.2 Å². The minimum atomic E-state index is -0.369. The van der Waals surface area contributed by atoms with Gasteiger partial charge < -0.3 is 14.5 Å². The molecule has 2 fully saturated rings. The highest BCUT2D eigenvalue weighted by molar-refractivity contribution is 6.01. The fraction of sp³-hybridized carbons (Fsp3) is 0.417. The number of piperidine rings is 1. The van der Waals surface area contributed by atoms with Crippen molar-refractivity contribution in [2.75, 3.05) is 0 Å². The minimum Gasteiger partial charge on any atom is -0.488 e. The van der Waals surface area contributed by atoms with Crippen LogP contribution in [-0.2, 0) is 16.1 Å². The van der Waals surface area contributed by atoms with Crippen LogP contribution in [0.3, 0.4) is 0 Å². The zero-order valence-corrected chi connectivity index (χ0v) is 17.1. The Balaban J connectivity index is 1.50. The summed E-state index contributed by atoms with van der Waals surface area (Å²) in [4.78, 5) is 27.6. The van der Waals surface area contributed by atoms with Gasteiger partial charge in [0.1, 0.15) is 17.9 Å². The fourth-order valence-electron chi connectivity index (χ4n) is 4.76. The first kappa shape index (κ1) is 20.1. The van der Waals surface area contributed by atoms with E-state index in [-0.39, 0.29) is 30.0 Å². The highest BCUT2D eigenvalue weighted by atomic mass is 16.5. The third-order valence-corrected chi connectivity index (χ3v) is 6.32. The van der Waals surface area contributed by atoms with E-state index in [2.05, 4.69) is 24.5 Å². The maximum Gasteiger partial charge on any atom is 0.249 e. The first-order valence-corrected chi connectivity index (χ1v) is 10.5. The van der Waals surface area contributed by atoms with Gasteiger partial charge in [-0.1, -0.05) is 26.0 Å². The normalized spacial score (nSPS) is 25.9. The van der Waals surface area contributed by atoms with Crippen LogP contribution < -0.4 is 10.1 Å². The standard InChI is InChI=1S/C24H27N3O3/c1-4-26(5-2)20-8-6-7-9-22(20)30-18-10-11-19-16(3)27(15-17(19)14-18)21-12-13-23(28)25-24(21)29/h1,5,10-11,14,20-22H,2-3,6-9,12-13,15H2,(H,25,28,29)/t20-,21?,22+/m0/s1. The van der Waals surface area contributed by atoms with Crippen molar-refractivity contribution in [3.8, 4) is 18.2 Å². The van der Waals surface area contributed by atoms with Crippen molar-refractivity contribution in [1.29, 1.82) is 0 Å². The van der Waals surface area contributed by atoms with Crippen molar-refractivity contribution in [3.63, 3.8) is 0 Å². The number of rotatable bonds is 5. The van der Waals surface area contributed by atoms with Crippen LogP contribution >= 0.6 is 0 Å². The lowest BCUT2D eigenvalue weighted by atomic mass is 9.91. The summed E-state index contributed by atoms with van der Waals surface area (Å²) in [6, 6.07) is 8.43. The van der Waals surface area contributed by atoms with E-state index in [0.717, 1.165) is 48.3 Å². The van der Waals surface area contributed by atoms with Crippen molar-refractivity contribution in [1.82, 2.24) is 15.1 Å². The summed E-state index contributed by atoms with van der Waals surface area (Å²) in [5.74, 6) is 0.335. The van der Waals surface area contributed by atoms with Crippen LogP contribution in [0.15, 0.2) is 37.6 Å². The summed E-state index contributed by atoms with van der Waals surface area (Å²) >= 11 is 0. The molecule has 0 radical (unpaired) electrons. The molecule has 1 saturated carbocycles. The number of hydrogen-bond donors (Lipinski definition) is 1. The van der Waals surface area contributed by atoms with Crippen molar-refractivity contribution in [2.24, 2.45) is 0 Å².